The standard InChI is InChI=1S/C14H12N2S/c1-4-13-12(3-2-7-15-13)14(5-1)16-9-11-6-8-17-10-11/h1-8,10,16H,9H2. The van der Waals surface area contributed by atoms with Gasteiger partial charge < -0.3 is 5.32 Å². The number of fused-ring (bicyclic) bond motifs is 1. The molecule has 0 amide bonds. The molecule has 0 atom stereocenters. The lowest BCUT2D eigenvalue weighted by atomic mass is 10.2. The first-order valence-electron chi connectivity index (χ1n) is 5.52. The molecular weight excluding hydrogens is 228 g/mol. The number of pyridine rings is 1. The van der Waals surface area contributed by atoms with Crippen LogP contribution >= 0.6 is 11.3 Å². The molecule has 0 spiro atoms. The van der Waals surface area contributed by atoms with Gasteiger partial charge in [-0.2, -0.15) is 11.3 Å². The molecule has 0 unspecified atom stereocenters. The molecule has 2 heterocycles. The Morgan fingerprint density at radius 2 is 2.12 bits per heavy atom. The van der Waals surface area contributed by atoms with E-state index in [-0.39, 0.29) is 0 Å². The number of anilines is 1. The molecule has 3 heteroatoms. The number of hydrogen-bond acceptors (Lipinski definition) is 3. The van der Waals surface area contributed by atoms with Gasteiger partial charge in [-0.05, 0) is 46.7 Å². The Bertz CT molecular complexity index is 612. The predicted octanol–water partition coefficient (Wildman–Crippen LogP) is 3.91. The lowest BCUT2D eigenvalue weighted by molar-refractivity contribution is 1.17. The highest BCUT2D eigenvalue weighted by atomic mass is 32.1. The summed E-state index contributed by atoms with van der Waals surface area (Å²) >= 11 is 1.73. The van der Waals surface area contributed by atoms with Crippen molar-refractivity contribution in [3.63, 3.8) is 0 Å². The van der Waals surface area contributed by atoms with Crippen LogP contribution in [0.1, 0.15) is 5.56 Å². The van der Waals surface area contributed by atoms with E-state index in [2.05, 4.69) is 39.3 Å². The number of hydrogen-bond donors (Lipinski definition) is 1. The Morgan fingerprint density at radius 1 is 1.12 bits per heavy atom. The molecule has 0 aliphatic heterocycles. The smallest absolute Gasteiger partial charge is 0.0722 e. The molecule has 1 N–H and O–H groups in total. The highest BCUT2D eigenvalue weighted by Gasteiger charge is 2.00. The van der Waals surface area contributed by atoms with Gasteiger partial charge in [-0.3, -0.25) is 4.98 Å². The molecule has 0 saturated heterocycles. The predicted molar refractivity (Wildman–Crippen MR) is 73.4 cm³/mol. The fourth-order valence-corrected chi connectivity index (χ4v) is 2.52. The largest absolute Gasteiger partial charge is 0.380 e. The maximum Gasteiger partial charge on any atom is 0.0722 e. The molecule has 3 aromatic rings. The van der Waals surface area contributed by atoms with Crippen molar-refractivity contribution in [3.05, 3.63) is 58.9 Å². The topological polar surface area (TPSA) is 24.9 Å². The average Bonchev–Trinajstić information content (AvgIpc) is 2.89. The van der Waals surface area contributed by atoms with E-state index in [1.807, 2.05) is 24.4 Å². The van der Waals surface area contributed by atoms with Crippen LogP contribution in [0, 0.1) is 0 Å². The van der Waals surface area contributed by atoms with Crippen molar-refractivity contribution in [2.45, 2.75) is 6.54 Å². The van der Waals surface area contributed by atoms with E-state index in [1.165, 1.54) is 10.9 Å². The molecule has 17 heavy (non-hydrogen) atoms. The molecule has 0 radical (unpaired) electrons. The van der Waals surface area contributed by atoms with Crippen molar-refractivity contribution in [1.29, 1.82) is 0 Å². The number of benzene rings is 1. The Morgan fingerprint density at radius 3 is 3.00 bits per heavy atom. The first-order valence-corrected chi connectivity index (χ1v) is 6.46. The van der Waals surface area contributed by atoms with Gasteiger partial charge in [0.1, 0.15) is 0 Å². The van der Waals surface area contributed by atoms with Gasteiger partial charge in [0, 0.05) is 23.8 Å². The van der Waals surface area contributed by atoms with Gasteiger partial charge in [-0.15, -0.1) is 0 Å². The Labute approximate surface area is 104 Å². The zero-order chi connectivity index (χ0) is 11.5. The molecule has 0 fully saturated rings. The van der Waals surface area contributed by atoms with Gasteiger partial charge in [0.2, 0.25) is 0 Å². The number of aromatic nitrogens is 1. The van der Waals surface area contributed by atoms with E-state index in [1.54, 1.807) is 11.3 Å². The minimum absolute atomic E-state index is 0.859. The summed E-state index contributed by atoms with van der Waals surface area (Å²) in [5.41, 5.74) is 3.49. The van der Waals surface area contributed by atoms with Gasteiger partial charge in [0.05, 0.1) is 5.52 Å². The molecule has 1 aromatic carbocycles. The first-order chi connectivity index (χ1) is 8.43. The van der Waals surface area contributed by atoms with Crippen LogP contribution in [-0.4, -0.2) is 4.98 Å². The normalized spacial score (nSPS) is 10.6. The van der Waals surface area contributed by atoms with E-state index in [0.29, 0.717) is 0 Å². The van der Waals surface area contributed by atoms with Crippen LogP contribution in [0.4, 0.5) is 5.69 Å². The molecule has 0 bridgehead atoms. The van der Waals surface area contributed by atoms with E-state index in [0.717, 1.165) is 17.7 Å². The lowest BCUT2D eigenvalue weighted by Gasteiger charge is -2.08. The van der Waals surface area contributed by atoms with Crippen LogP contribution in [0.5, 0.6) is 0 Å². The van der Waals surface area contributed by atoms with E-state index in [4.69, 9.17) is 0 Å². The fraction of sp³-hybridized carbons (Fsp3) is 0.0714. The van der Waals surface area contributed by atoms with Gasteiger partial charge >= 0.3 is 0 Å². The summed E-state index contributed by atoms with van der Waals surface area (Å²) in [5, 5.41) is 8.89. The zero-order valence-corrected chi connectivity index (χ0v) is 10.1. The Balaban J connectivity index is 1.90. The summed E-state index contributed by atoms with van der Waals surface area (Å²) in [7, 11) is 0. The molecule has 2 aromatic heterocycles. The SMILES string of the molecule is c1cc(NCc2ccsc2)c2cccnc2c1. The minimum Gasteiger partial charge on any atom is -0.380 e. The quantitative estimate of drug-likeness (QED) is 0.750. The number of nitrogens with zero attached hydrogens (tertiary/aromatic N) is 1. The van der Waals surface area contributed by atoms with Crippen molar-refractivity contribution < 1.29 is 0 Å². The zero-order valence-electron chi connectivity index (χ0n) is 9.26. The number of thiophene rings is 1. The first kappa shape index (κ1) is 10.3. The average molecular weight is 240 g/mol. The minimum atomic E-state index is 0.859. The van der Waals surface area contributed by atoms with Crippen molar-refractivity contribution in [2.24, 2.45) is 0 Å². The molecule has 0 saturated carbocycles. The maximum atomic E-state index is 4.35. The summed E-state index contributed by atoms with van der Waals surface area (Å²) in [6, 6.07) is 12.4. The van der Waals surface area contributed by atoms with Crippen LogP contribution in [0.2, 0.25) is 0 Å². The van der Waals surface area contributed by atoms with E-state index < -0.39 is 0 Å². The number of rotatable bonds is 3. The monoisotopic (exact) mass is 240 g/mol. The van der Waals surface area contributed by atoms with Crippen LogP contribution in [0.3, 0.4) is 0 Å². The molecule has 0 aliphatic carbocycles. The highest BCUT2D eigenvalue weighted by molar-refractivity contribution is 7.07. The van der Waals surface area contributed by atoms with Crippen molar-refractivity contribution in [1.82, 2.24) is 4.98 Å². The summed E-state index contributed by atoms with van der Waals surface area (Å²) in [4.78, 5) is 4.35. The molecule has 3 rings (SSSR count). The van der Waals surface area contributed by atoms with Gasteiger partial charge in [-0.1, -0.05) is 6.07 Å². The molecule has 0 aliphatic rings. The number of nitrogens with one attached hydrogen (secondary N) is 1. The van der Waals surface area contributed by atoms with Crippen LogP contribution in [0.15, 0.2) is 53.4 Å². The van der Waals surface area contributed by atoms with E-state index >= 15 is 0 Å². The van der Waals surface area contributed by atoms with Gasteiger partial charge in [0.25, 0.3) is 0 Å². The third-order valence-electron chi connectivity index (χ3n) is 2.71. The Kier molecular flexibility index (Phi) is 2.76. The second kappa shape index (κ2) is 4.55. The van der Waals surface area contributed by atoms with Crippen molar-refractivity contribution in [2.75, 3.05) is 5.32 Å². The maximum absolute atomic E-state index is 4.35. The van der Waals surface area contributed by atoms with Gasteiger partial charge in [-0.25, -0.2) is 0 Å². The highest BCUT2D eigenvalue weighted by Crippen LogP contribution is 2.22. The van der Waals surface area contributed by atoms with Crippen LogP contribution in [0.25, 0.3) is 10.9 Å². The van der Waals surface area contributed by atoms with Crippen LogP contribution in [-0.2, 0) is 6.54 Å². The van der Waals surface area contributed by atoms with E-state index in [9.17, 15) is 0 Å². The second-order valence-corrected chi connectivity index (χ2v) is 4.64. The fourth-order valence-electron chi connectivity index (χ4n) is 1.85. The summed E-state index contributed by atoms with van der Waals surface area (Å²) < 4.78 is 0. The third kappa shape index (κ3) is 2.15. The molecular formula is C14H12N2S. The molecule has 2 nitrogen and oxygen atoms in total. The Hall–Kier alpha value is -1.87. The van der Waals surface area contributed by atoms with Crippen LogP contribution < -0.4 is 5.32 Å². The third-order valence-corrected chi connectivity index (χ3v) is 3.44. The van der Waals surface area contributed by atoms with Gasteiger partial charge in [0.15, 0.2) is 0 Å². The van der Waals surface area contributed by atoms with Crippen molar-refractivity contribution in [3.8, 4) is 0 Å². The summed E-state index contributed by atoms with van der Waals surface area (Å²) in [5.74, 6) is 0. The molecule has 84 valence electrons. The summed E-state index contributed by atoms with van der Waals surface area (Å²) in [6.45, 7) is 0.859. The summed E-state index contributed by atoms with van der Waals surface area (Å²) in [6.07, 6.45) is 1.82. The lowest BCUT2D eigenvalue weighted by Crippen LogP contribution is -1.98. The van der Waals surface area contributed by atoms with Crippen molar-refractivity contribution >= 4 is 27.9 Å². The second-order valence-electron chi connectivity index (χ2n) is 3.86.